The van der Waals surface area contributed by atoms with Gasteiger partial charge in [-0.3, -0.25) is 14.3 Å². The number of rotatable bonds is 5. The predicted octanol–water partition coefficient (Wildman–Crippen LogP) is -0.104. The second-order valence-corrected chi connectivity index (χ2v) is 5.72. The summed E-state index contributed by atoms with van der Waals surface area (Å²) in [6, 6.07) is -0.591. The van der Waals surface area contributed by atoms with E-state index in [1.165, 1.54) is 10.9 Å². The molecule has 1 aliphatic heterocycles. The van der Waals surface area contributed by atoms with Crippen LogP contribution in [-0.4, -0.2) is 48.1 Å². The second-order valence-electron chi connectivity index (χ2n) is 4.96. The molecule has 3 atom stereocenters. The van der Waals surface area contributed by atoms with Crippen molar-refractivity contribution in [3.8, 4) is 0 Å². The van der Waals surface area contributed by atoms with Crippen LogP contribution in [0.4, 0.5) is 5.95 Å². The summed E-state index contributed by atoms with van der Waals surface area (Å²) in [5.41, 5.74) is 14.1. The van der Waals surface area contributed by atoms with Gasteiger partial charge in [-0.05, 0) is 5.53 Å². The predicted molar refractivity (Wildman–Crippen MR) is 81.3 cm³/mol. The third-order valence-electron chi connectivity index (χ3n) is 3.52. The lowest BCUT2D eigenvalue weighted by Gasteiger charge is -2.16. The van der Waals surface area contributed by atoms with Crippen molar-refractivity contribution >= 4 is 25.7 Å². The number of hydrogen-bond acceptors (Lipinski definition) is 9. The lowest BCUT2D eigenvalue weighted by atomic mass is 10.1. The zero-order valence-corrected chi connectivity index (χ0v) is 12.9. The standard InChI is InChI=1S/C10H13N8O5P/c11-10-14-8-7(9(19)15-10)13-3-18(8)6-1-4(16-17-12)5(23-6)2-22-24(20)21/h3-6,20-21H,1-2H2,(H3,11,14,15,19). The molecule has 0 aromatic carbocycles. The number of aromatic nitrogens is 4. The van der Waals surface area contributed by atoms with Crippen LogP contribution in [0, 0.1) is 0 Å². The number of anilines is 1. The maximum Gasteiger partial charge on any atom is 0.327 e. The summed E-state index contributed by atoms with van der Waals surface area (Å²) in [7, 11) is -2.55. The fraction of sp³-hybridized carbons (Fsp3) is 0.500. The molecule has 2 aromatic heterocycles. The van der Waals surface area contributed by atoms with Gasteiger partial charge >= 0.3 is 8.60 Å². The van der Waals surface area contributed by atoms with Gasteiger partial charge in [0.1, 0.15) is 6.23 Å². The van der Waals surface area contributed by atoms with Gasteiger partial charge in [0.15, 0.2) is 11.2 Å². The summed E-state index contributed by atoms with van der Waals surface area (Å²) in [6.07, 6.45) is 0.328. The molecular weight excluding hydrogens is 343 g/mol. The number of ether oxygens (including phenoxy) is 1. The Labute approximate surface area is 134 Å². The lowest BCUT2D eigenvalue weighted by molar-refractivity contribution is -0.0201. The quantitative estimate of drug-likeness (QED) is 0.246. The minimum atomic E-state index is -2.55. The number of nitrogens with one attached hydrogen (secondary N) is 1. The molecule has 14 heteroatoms. The Hall–Kier alpha value is -2.27. The molecule has 128 valence electrons. The number of nitrogens with two attached hydrogens (primary N) is 1. The fourth-order valence-electron chi connectivity index (χ4n) is 2.52. The Morgan fingerprint density at radius 1 is 1.67 bits per heavy atom. The Morgan fingerprint density at radius 2 is 2.46 bits per heavy atom. The SMILES string of the molecule is [N-]=[N+]=NC1CC(n2cnc3c(=O)[nH]c(N)nc32)OC1COP(O)O. The molecule has 0 aliphatic carbocycles. The van der Waals surface area contributed by atoms with Crippen molar-refractivity contribution < 1.29 is 19.0 Å². The highest BCUT2D eigenvalue weighted by Gasteiger charge is 2.37. The summed E-state index contributed by atoms with van der Waals surface area (Å²) >= 11 is 0. The van der Waals surface area contributed by atoms with E-state index in [1.807, 2.05) is 0 Å². The van der Waals surface area contributed by atoms with Crippen molar-refractivity contribution in [2.24, 2.45) is 5.11 Å². The van der Waals surface area contributed by atoms with Crippen molar-refractivity contribution in [3.05, 3.63) is 27.1 Å². The van der Waals surface area contributed by atoms with Gasteiger partial charge in [-0.1, -0.05) is 5.11 Å². The van der Waals surface area contributed by atoms with Crippen LogP contribution in [-0.2, 0) is 9.26 Å². The Kier molecular flexibility index (Phi) is 4.62. The third-order valence-corrected chi connectivity index (χ3v) is 3.90. The van der Waals surface area contributed by atoms with Crippen molar-refractivity contribution in [1.29, 1.82) is 0 Å². The van der Waals surface area contributed by atoms with Crippen molar-refractivity contribution in [1.82, 2.24) is 19.5 Å². The van der Waals surface area contributed by atoms with Crippen LogP contribution in [0.1, 0.15) is 12.6 Å². The summed E-state index contributed by atoms with van der Waals surface area (Å²) < 4.78 is 12.0. The van der Waals surface area contributed by atoms with Crippen LogP contribution in [0.25, 0.3) is 21.6 Å². The van der Waals surface area contributed by atoms with Crippen LogP contribution >= 0.6 is 8.60 Å². The third kappa shape index (κ3) is 3.17. The number of azide groups is 1. The number of nitrogens with zero attached hydrogens (tertiary/aromatic N) is 6. The van der Waals surface area contributed by atoms with Gasteiger partial charge in [0.2, 0.25) is 5.95 Å². The first kappa shape index (κ1) is 16.6. The molecule has 24 heavy (non-hydrogen) atoms. The van der Waals surface area contributed by atoms with Gasteiger partial charge in [-0.2, -0.15) is 4.98 Å². The van der Waals surface area contributed by atoms with Crippen LogP contribution in [0.5, 0.6) is 0 Å². The highest BCUT2D eigenvalue weighted by Crippen LogP contribution is 2.35. The normalized spacial score (nSPS) is 23.7. The molecule has 0 saturated carbocycles. The zero-order valence-electron chi connectivity index (χ0n) is 12.1. The van der Waals surface area contributed by atoms with E-state index in [9.17, 15) is 4.79 Å². The van der Waals surface area contributed by atoms with E-state index < -0.39 is 32.5 Å². The smallest absolute Gasteiger partial charge is 0.327 e. The van der Waals surface area contributed by atoms with Gasteiger partial charge < -0.3 is 24.8 Å². The average molecular weight is 356 g/mol. The van der Waals surface area contributed by atoms with Gasteiger partial charge in [-0.25, -0.2) is 4.98 Å². The number of H-pyrrole nitrogens is 1. The second kappa shape index (κ2) is 6.69. The van der Waals surface area contributed by atoms with E-state index >= 15 is 0 Å². The van der Waals surface area contributed by atoms with Crippen molar-refractivity contribution in [3.63, 3.8) is 0 Å². The molecule has 0 amide bonds. The molecule has 1 fully saturated rings. The van der Waals surface area contributed by atoms with Gasteiger partial charge in [0, 0.05) is 11.3 Å². The van der Waals surface area contributed by atoms with Gasteiger partial charge in [0.25, 0.3) is 5.56 Å². The Morgan fingerprint density at radius 3 is 3.17 bits per heavy atom. The van der Waals surface area contributed by atoms with E-state index in [1.54, 1.807) is 0 Å². The minimum Gasteiger partial charge on any atom is -0.369 e. The summed E-state index contributed by atoms with van der Waals surface area (Å²) in [5, 5.41) is 3.63. The summed E-state index contributed by atoms with van der Waals surface area (Å²) in [4.78, 5) is 42.6. The fourth-order valence-corrected chi connectivity index (χ4v) is 2.80. The summed E-state index contributed by atoms with van der Waals surface area (Å²) in [6.45, 7) is -0.165. The highest BCUT2D eigenvalue weighted by atomic mass is 31.2. The minimum absolute atomic E-state index is 0.0649. The molecule has 13 nitrogen and oxygen atoms in total. The number of fused-ring (bicyclic) bond motifs is 1. The first-order valence-electron chi connectivity index (χ1n) is 6.72. The van der Waals surface area contributed by atoms with Crippen molar-refractivity contribution in [2.75, 3.05) is 12.3 Å². The molecular formula is C10H13N8O5P. The molecule has 3 heterocycles. The molecule has 1 aliphatic rings. The molecule has 3 rings (SSSR count). The number of aromatic amines is 1. The molecule has 0 radical (unpaired) electrons. The van der Waals surface area contributed by atoms with E-state index in [0.717, 1.165) is 0 Å². The molecule has 3 unspecified atom stereocenters. The number of imidazole rings is 1. The molecule has 2 aromatic rings. The monoisotopic (exact) mass is 356 g/mol. The van der Waals surface area contributed by atoms with E-state index in [0.29, 0.717) is 0 Å². The molecule has 5 N–H and O–H groups in total. The topological polar surface area (TPSA) is 197 Å². The molecule has 0 bridgehead atoms. The van der Waals surface area contributed by atoms with E-state index in [2.05, 4.69) is 25.0 Å². The Bertz CT molecular complexity index is 845. The van der Waals surface area contributed by atoms with Crippen LogP contribution in [0.3, 0.4) is 0 Å². The van der Waals surface area contributed by atoms with Crippen LogP contribution < -0.4 is 11.3 Å². The zero-order chi connectivity index (χ0) is 17.3. The van der Waals surface area contributed by atoms with Gasteiger partial charge in [-0.15, -0.1) is 0 Å². The maximum atomic E-state index is 11.8. The number of hydrogen-bond donors (Lipinski definition) is 4. The maximum absolute atomic E-state index is 11.8. The van der Waals surface area contributed by atoms with Crippen LogP contribution in [0.2, 0.25) is 0 Å². The van der Waals surface area contributed by atoms with Crippen LogP contribution in [0.15, 0.2) is 16.2 Å². The molecule has 0 spiro atoms. The van der Waals surface area contributed by atoms with Gasteiger partial charge in [0.05, 0.1) is 25.1 Å². The Balaban J connectivity index is 1.90. The molecule has 1 saturated heterocycles. The highest BCUT2D eigenvalue weighted by molar-refractivity contribution is 7.39. The largest absolute Gasteiger partial charge is 0.369 e. The average Bonchev–Trinajstić information content (AvgIpc) is 3.09. The van der Waals surface area contributed by atoms with E-state index in [-0.39, 0.29) is 30.1 Å². The van der Waals surface area contributed by atoms with E-state index in [4.69, 9.17) is 30.3 Å². The van der Waals surface area contributed by atoms with Crippen molar-refractivity contribution in [2.45, 2.75) is 24.8 Å². The summed E-state index contributed by atoms with van der Waals surface area (Å²) in [5.74, 6) is -0.0649. The number of nitrogen functional groups attached to an aromatic ring is 1. The first-order chi connectivity index (χ1) is 11.5. The lowest BCUT2D eigenvalue weighted by Crippen LogP contribution is -2.24. The first-order valence-corrected chi connectivity index (χ1v) is 7.89.